The van der Waals surface area contributed by atoms with Gasteiger partial charge in [-0.2, -0.15) is 0 Å². The molecule has 0 N–H and O–H groups in total. The van der Waals surface area contributed by atoms with Crippen LogP contribution < -0.4 is 0 Å². The Labute approximate surface area is 120 Å². The summed E-state index contributed by atoms with van der Waals surface area (Å²) in [6, 6.07) is 6.86. The fourth-order valence-electron chi connectivity index (χ4n) is 3.15. The highest BCUT2D eigenvalue weighted by Gasteiger charge is 2.35. The highest BCUT2D eigenvalue weighted by molar-refractivity contribution is 5.81. The fourth-order valence-corrected chi connectivity index (χ4v) is 3.15. The zero-order valence-electron chi connectivity index (χ0n) is 11.9. The summed E-state index contributed by atoms with van der Waals surface area (Å²) in [6.07, 6.45) is 6.45. The van der Waals surface area contributed by atoms with Crippen LogP contribution in [0.15, 0.2) is 24.3 Å². The molecule has 2 nitrogen and oxygen atoms in total. The third kappa shape index (κ3) is 3.38. The van der Waals surface area contributed by atoms with Gasteiger partial charge in [-0.25, -0.2) is 4.39 Å². The Morgan fingerprint density at radius 3 is 2.90 bits per heavy atom. The minimum atomic E-state index is -0.156. The molecule has 1 heterocycles. The van der Waals surface area contributed by atoms with Crippen LogP contribution in [0.1, 0.15) is 37.7 Å². The molecule has 1 amide bonds. The first kappa shape index (κ1) is 13.6. The van der Waals surface area contributed by atoms with Crippen LogP contribution >= 0.6 is 0 Å². The third-order valence-corrected chi connectivity index (χ3v) is 4.49. The van der Waals surface area contributed by atoms with Crippen LogP contribution in [0.2, 0.25) is 0 Å². The van der Waals surface area contributed by atoms with Gasteiger partial charge in [0, 0.05) is 19.0 Å². The Hall–Kier alpha value is -1.38. The van der Waals surface area contributed by atoms with Gasteiger partial charge in [0.1, 0.15) is 5.82 Å². The summed E-state index contributed by atoms with van der Waals surface area (Å²) in [6.45, 7) is 1.84. The van der Waals surface area contributed by atoms with E-state index in [1.165, 1.54) is 12.5 Å². The number of piperidine rings is 1. The number of carbonyl (C=O) groups excluding carboxylic acids is 1. The predicted molar refractivity (Wildman–Crippen MR) is 76.7 cm³/mol. The van der Waals surface area contributed by atoms with Gasteiger partial charge >= 0.3 is 0 Å². The number of likely N-dealkylation sites (tertiary alicyclic amines) is 1. The van der Waals surface area contributed by atoms with Crippen molar-refractivity contribution in [2.75, 3.05) is 13.1 Å². The number of hydrogen-bond acceptors (Lipinski definition) is 1. The highest BCUT2D eigenvalue weighted by atomic mass is 19.1. The maximum Gasteiger partial charge on any atom is 0.225 e. The molecule has 2 aliphatic rings. The number of halogens is 1. The monoisotopic (exact) mass is 275 g/mol. The van der Waals surface area contributed by atoms with E-state index < -0.39 is 0 Å². The minimum absolute atomic E-state index is 0.156. The first-order valence-corrected chi connectivity index (χ1v) is 7.75. The Morgan fingerprint density at radius 1 is 1.30 bits per heavy atom. The molecule has 0 radical (unpaired) electrons. The highest BCUT2D eigenvalue weighted by Crippen LogP contribution is 2.33. The molecule has 1 aromatic rings. The van der Waals surface area contributed by atoms with Gasteiger partial charge in [0.05, 0.1) is 0 Å². The average Bonchev–Trinajstić information content (AvgIpc) is 3.29. The Balaban J connectivity index is 1.51. The Kier molecular flexibility index (Phi) is 4.04. The molecule has 1 aromatic carbocycles. The smallest absolute Gasteiger partial charge is 0.225 e. The number of carbonyl (C=O) groups is 1. The van der Waals surface area contributed by atoms with Crippen molar-refractivity contribution in [3.05, 3.63) is 35.6 Å². The van der Waals surface area contributed by atoms with Gasteiger partial charge < -0.3 is 4.90 Å². The van der Waals surface area contributed by atoms with Crippen LogP contribution in [0, 0.1) is 17.7 Å². The summed E-state index contributed by atoms with van der Waals surface area (Å²) in [4.78, 5) is 14.2. The molecule has 3 heteroatoms. The van der Waals surface area contributed by atoms with E-state index in [1.54, 1.807) is 12.1 Å². The number of hydrogen-bond donors (Lipinski definition) is 0. The molecule has 108 valence electrons. The van der Waals surface area contributed by atoms with Gasteiger partial charge in [-0.3, -0.25) is 4.79 Å². The number of benzene rings is 1. The van der Waals surface area contributed by atoms with Crippen molar-refractivity contribution in [2.24, 2.45) is 11.8 Å². The van der Waals surface area contributed by atoms with Gasteiger partial charge in [0.25, 0.3) is 0 Å². The maximum atomic E-state index is 13.1. The molecular formula is C17H22FNO. The summed E-state index contributed by atoms with van der Waals surface area (Å²) in [7, 11) is 0. The quantitative estimate of drug-likeness (QED) is 0.824. The molecule has 1 saturated heterocycles. The third-order valence-electron chi connectivity index (χ3n) is 4.49. The zero-order chi connectivity index (χ0) is 13.9. The molecule has 0 bridgehead atoms. The topological polar surface area (TPSA) is 20.3 Å². The first-order valence-electron chi connectivity index (χ1n) is 7.75. The second kappa shape index (κ2) is 5.94. The molecule has 1 aliphatic heterocycles. The largest absolute Gasteiger partial charge is 0.342 e. The van der Waals surface area contributed by atoms with Crippen molar-refractivity contribution in [1.29, 1.82) is 0 Å². The maximum absolute atomic E-state index is 13.1. The van der Waals surface area contributed by atoms with Crippen LogP contribution in [-0.4, -0.2) is 23.9 Å². The van der Waals surface area contributed by atoms with Crippen LogP contribution in [0.5, 0.6) is 0 Å². The second-order valence-electron chi connectivity index (χ2n) is 6.24. The summed E-state index contributed by atoms with van der Waals surface area (Å²) >= 11 is 0. The summed E-state index contributed by atoms with van der Waals surface area (Å²) in [5.74, 6) is 1.13. The molecule has 0 aromatic heterocycles. The normalized spacial score (nSPS) is 22.9. The Bertz CT molecular complexity index is 484. The number of rotatable bonds is 4. The first-order chi connectivity index (χ1) is 9.72. The van der Waals surface area contributed by atoms with Crippen LogP contribution in [0.4, 0.5) is 4.39 Å². The molecule has 3 rings (SSSR count). The summed E-state index contributed by atoms with van der Waals surface area (Å²) in [5.41, 5.74) is 1.07. The molecule has 20 heavy (non-hydrogen) atoms. The van der Waals surface area contributed by atoms with Crippen molar-refractivity contribution in [3.63, 3.8) is 0 Å². The van der Waals surface area contributed by atoms with Gasteiger partial charge in [0.2, 0.25) is 5.91 Å². The zero-order valence-corrected chi connectivity index (χ0v) is 11.9. The molecule has 1 saturated carbocycles. The van der Waals surface area contributed by atoms with E-state index in [2.05, 4.69) is 4.90 Å². The lowest BCUT2D eigenvalue weighted by Crippen LogP contribution is -2.40. The molecular weight excluding hydrogens is 253 g/mol. The van der Waals surface area contributed by atoms with Crippen molar-refractivity contribution in [2.45, 2.75) is 38.5 Å². The number of amides is 1. The summed E-state index contributed by atoms with van der Waals surface area (Å²) in [5, 5.41) is 0. The Morgan fingerprint density at radius 2 is 2.15 bits per heavy atom. The average molecular weight is 275 g/mol. The molecule has 0 spiro atoms. The van der Waals surface area contributed by atoms with E-state index in [0.717, 1.165) is 50.8 Å². The van der Waals surface area contributed by atoms with E-state index in [0.29, 0.717) is 17.7 Å². The number of aryl methyl sites for hydroxylation is 1. The standard InChI is InChI=1S/C17H22FNO/c18-16-5-1-3-13(11-16)6-7-14-4-2-10-19(12-14)17(20)15-8-9-15/h1,3,5,11,14-15H,2,4,6-10,12H2/t14-/m0/s1. The van der Waals surface area contributed by atoms with Crippen molar-refractivity contribution < 1.29 is 9.18 Å². The van der Waals surface area contributed by atoms with Gasteiger partial charge in [-0.1, -0.05) is 12.1 Å². The molecule has 0 unspecified atom stereocenters. The lowest BCUT2D eigenvalue weighted by atomic mass is 9.91. The van der Waals surface area contributed by atoms with Crippen LogP contribution in [-0.2, 0) is 11.2 Å². The molecule has 1 aliphatic carbocycles. The van der Waals surface area contributed by atoms with E-state index >= 15 is 0 Å². The predicted octanol–water partition coefficient (Wildman–Crippen LogP) is 3.41. The minimum Gasteiger partial charge on any atom is -0.342 e. The van der Waals surface area contributed by atoms with E-state index in [-0.39, 0.29) is 5.82 Å². The summed E-state index contributed by atoms with van der Waals surface area (Å²) < 4.78 is 13.1. The van der Waals surface area contributed by atoms with Crippen LogP contribution in [0.25, 0.3) is 0 Å². The van der Waals surface area contributed by atoms with E-state index in [4.69, 9.17) is 0 Å². The van der Waals surface area contributed by atoms with Gasteiger partial charge in [0.15, 0.2) is 0 Å². The molecule has 2 fully saturated rings. The lowest BCUT2D eigenvalue weighted by Gasteiger charge is -2.33. The van der Waals surface area contributed by atoms with E-state index in [9.17, 15) is 9.18 Å². The van der Waals surface area contributed by atoms with Crippen molar-refractivity contribution in [1.82, 2.24) is 4.90 Å². The van der Waals surface area contributed by atoms with E-state index in [1.807, 2.05) is 6.07 Å². The number of nitrogens with zero attached hydrogens (tertiary/aromatic N) is 1. The molecule has 1 atom stereocenters. The lowest BCUT2D eigenvalue weighted by molar-refractivity contribution is -0.134. The van der Waals surface area contributed by atoms with Gasteiger partial charge in [-0.15, -0.1) is 0 Å². The van der Waals surface area contributed by atoms with Crippen LogP contribution in [0.3, 0.4) is 0 Å². The SMILES string of the molecule is O=C(C1CC1)N1CCC[C@@H](CCc2cccc(F)c2)C1. The fraction of sp³-hybridized carbons (Fsp3) is 0.588. The van der Waals surface area contributed by atoms with Crippen molar-refractivity contribution >= 4 is 5.91 Å². The van der Waals surface area contributed by atoms with Crippen molar-refractivity contribution in [3.8, 4) is 0 Å². The van der Waals surface area contributed by atoms with Gasteiger partial charge in [-0.05, 0) is 62.1 Å². The second-order valence-corrected chi connectivity index (χ2v) is 6.24.